The van der Waals surface area contributed by atoms with Crippen LogP contribution in [0.15, 0.2) is 4.52 Å². The summed E-state index contributed by atoms with van der Waals surface area (Å²) in [6.45, 7) is 5.29. The van der Waals surface area contributed by atoms with Crippen molar-refractivity contribution in [2.75, 3.05) is 13.2 Å². The predicted molar refractivity (Wildman–Crippen MR) is 56.3 cm³/mol. The zero-order valence-corrected chi connectivity index (χ0v) is 9.40. The van der Waals surface area contributed by atoms with Gasteiger partial charge in [0, 0.05) is 13.0 Å². The summed E-state index contributed by atoms with van der Waals surface area (Å²) in [4.78, 5) is 4.28. The number of ether oxygens (including phenoxy) is 1. The first-order valence-electron chi connectivity index (χ1n) is 5.45. The molecule has 0 aromatic carbocycles. The fourth-order valence-corrected chi connectivity index (χ4v) is 1.33. The predicted octanol–water partition coefficient (Wildman–Crippen LogP) is 1.45. The molecule has 1 unspecified atom stereocenters. The highest BCUT2D eigenvalue weighted by atomic mass is 16.5. The van der Waals surface area contributed by atoms with Gasteiger partial charge in [0.05, 0.1) is 0 Å². The molecule has 1 aromatic heterocycles. The van der Waals surface area contributed by atoms with E-state index in [1.807, 2.05) is 13.8 Å². The zero-order valence-electron chi connectivity index (χ0n) is 9.40. The van der Waals surface area contributed by atoms with Crippen LogP contribution in [0, 0.1) is 0 Å². The Bertz CT molecular complexity index is 275. The van der Waals surface area contributed by atoms with Gasteiger partial charge >= 0.3 is 0 Å². The summed E-state index contributed by atoms with van der Waals surface area (Å²) in [5.74, 6) is 1.29. The van der Waals surface area contributed by atoms with Gasteiger partial charge in [0.25, 0.3) is 0 Å². The van der Waals surface area contributed by atoms with Crippen LogP contribution in [0.25, 0.3) is 0 Å². The van der Waals surface area contributed by atoms with Gasteiger partial charge in [-0.25, -0.2) is 0 Å². The van der Waals surface area contributed by atoms with Crippen molar-refractivity contribution in [2.24, 2.45) is 5.73 Å². The average molecular weight is 213 g/mol. The fraction of sp³-hybridized carbons (Fsp3) is 0.800. The van der Waals surface area contributed by atoms with Gasteiger partial charge in [0.2, 0.25) is 11.7 Å². The molecule has 5 nitrogen and oxygen atoms in total. The van der Waals surface area contributed by atoms with E-state index in [4.69, 9.17) is 15.0 Å². The number of hydrogen-bond donors (Lipinski definition) is 1. The average Bonchev–Trinajstić information content (AvgIpc) is 2.71. The molecule has 86 valence electrons. The smallest absolute Gasteiger partial charge is 0.226 e. The highest BCUT2D eigenvalue weighted by molar-refractivity contribution is 4.91. The summed E-state index contributed by atoms with van der Waals surface area (Å²) in [5.41, 5.74) is 5.40. The molecular weight excluding hydrogens is 194 g/mol. The maximum Gasteiger partial charge on any atom is 0.226 e. The summed E-state index contributed by atoms with van der Waals surface area (Å²) in [7, 11) is 0. The molecule has 0 saturated carbocycles. The van der Waals surface area contributed by atoms with Crippen LogP contribution in [0.5, 0.6) is 0 Å². The van der Waals surface area contributed by atoms with Gasteiger partial charge in [-0.15, -0.1) is 0 Å². The Kier molecular flexibility index (Phi) is 5.28. The zero-order chi connectivity index (χ0) is 11.1. The maximum atomic E-state index is 5.49. The van der Waals surface area contributed by atoms with E-state index in [0.717, 1.165) is 19.3 Å². The molecule has 5 heteroatoms. The third-order valence-corrected chi connectivity index (χ3v) is 2.11. The van der Waals surface area contributed by atoms with Gasteiger partial charge in [0.15, 0.2) is 0 Å². The van der Waals surface area contributed by atoms with Crippen LogP contribution in [0.3, 0.4) is 0 Å². The Labute approximate surface area is 90.0 Å². The molecule has 15 heavy (non-hydrogen) atoms. The lowest BCUT2D eigenvalue weighted by atomic mass is 10.2. The van der Waals surface area contributed by atoms with E-state index in [1.54, 1.807) is 0 Å². The van der Waals surface area contributed by atoms with Crippen LogP contribution in [0.4, 0.5) is 0 Å². The second-order valence-corrected chi connectivity index (χ2v) is 3.29. The van der Waals surface area contributed by atoms with Crippen molar-refractivity contribution in [2.45, 2.75) is 39.2 Å². The Balaban J connectivity index is 2.56. The molecule has 0 fully saturated rings. The highest BCUT2D eigenvalue weighted by Crippen LogP contribution is 2.17. The van der Waals surface area contributed by atoms with E-state index in [9.17, 15) is 0 Å². The van der Waals surface area contributed by atoms with E-state index in [1.165, 1.54) is 0 Å². The lowest BCUT2D eigenvalue weighted by Crippen LogP contribution is -2.05. The molecule has 0 aliphatic carbocycles. The van der Waals surface area contributed by atoms with Gasteiger partial charge in [-0.2, -0.15) is 4.98 Å². The van der Waals surface area contributed by atoms with E-state index in [2.05, 4.69) is 10.1 Å². The van der Waals surface area contributed by atoms with Gasteiger partial charge in [-0.3, -0.25) is 0 Å². The highest BCUT2D eigenvalue weighted by Gasteiger charge is 2.16. The molecule has 0 saturated heterocycles. The van der Waals surface area contributed by atoms with Crippen LogP contribution in [-0.2, 0) is 11.2 Å². The molecule has 2 N–H and O–H groups in total. The van der Waals surface area contributed by atoms with Gasteiger partial charge in [0.1, 0.15) is 6.10 Å². The topological polar surface area (TPSA) is 74.2 Å². The van der Waals surface area contributed by atoms with Crippen molar-refractivity contribution in [1.29, 1.82) is 0 Å². The minimum atomic E-state index is -0.0506. The largest absolute Gasteiger partial charge is 0.370 e. The summed E-state index contributed by atoms with van der Waals surface area (Å²) in [5, 5.41) is 3.91. The van der Waals surface area contributed by atoms with Crippen molar-refractivity contribution in [3.63, 3.8) is 0 Å². The van der Waals surface area contributed by atoms with Gasteiger partial charge < -0.3 is 15.0 Å². The Hall–Kier alpha value is -0.940. The van der Waals surface area contributed by atoms with Crippen molar-refractivity contribution in [3.05, 3.63) is 11.7 Å². The number of aromatic nitrogens is 2. The lowest BCUT2D eigenvalue weighted by molar-refractivity contribution is 0.0518. The van der Waals surface area contributed by atoms with Crippen LogP contribution in [-0.4, -0.2) is 23.3 Å². The van der Waals surface area contributed by atoms with Gasteiger partial charge in [-0.1, -0.05) is 12.1 Å². The number of rotatable bonds is 7. The monoisotopic (exact) mass is 213 g/mol. The lowest BCUT2D eigenvalue weighted by Gasteiger charge is -2.09. The van der Waals surface area contributed by atoms with Crippen molar-refractivity contribution < 1.29 is 9.26 Å². The second-order valence-electron chi connectivity index (χ2n) is 3.29. The Morgan fingerprint density at radius 3 is 2.87 bits per heavy atom. The minimum Gasteiger partial charge on any atom is -0.370 e. The third kappa shape index (κ3) is 3.60. The molecule has 0 aliphatic rings. The molecule has 1 rings (SSSR count). The molecule has 0 aliphatic heterocycles. The first-order chi connectivity index (χ1) is 7.31. The molecule has 1 atom stereocenters. The van der Waals surface area contributed by atoms with E-state index in [0.29, 0.717) is 24.9 Å². The fourth-order valence-electron chi connectivity index (χ4n) is 1.33. The van der Waals surface area contributed by atoms with Crippen LogP contribution >= 0.6 is 0 Å². The molecule has 0 bridgehead atoms. The van der Waals surface area contributed by atoms with Crippen molar-refractivity contribution in [1.82, 2.24) is 10.1 Å². The first kappa shape index (κ1) is 12.1. The molecular formula is C10H19N3O2. The molecule has 0 radical (unpaired) electrons. The molecule has 1 heterocycles. The molecule has 0 spiro atoms. The Morgan fingerprint density at radius 1 is 1.47 bits per heavy atom. The number of aryl methyl sites for hydroxylation is 1. The third-order valence-electron chi connectivity index (χ3n) is 2.11. The van der Waals surface area contributed by atoms with Crippen LogP contribution < -0.4 is 5.73 Å². The number of nitrogens with zero attached hydrogens (tertiary/aromatic N) is 2. The van der Waals surface area contributed by atoms with Crippen molar-refractivity contribution in [3.8, 4) is 0 Å². The van der Waals surface area contributed by atoms with E-state index < -0.39 is 0 Å². The standard InChI is InChI=1S/C10H19N3O2/c1-3-8(14-4-2)10-12-9(15-13-10)6-5-7-11/h8H,3-7,11H2,1-2H3. The summed E-state index contributed by atoms with van der Waals surface area (Å²) in [6.07, 6.45) is 2.41. The summed E-state index contributed by atoms with van der Waals surface area (Å²) >= 11 is 0. The first-order valence-corrected chi connectivity index (χ1v) is 5.45. The minimum absolute atomic E-state index is 0.0506. The van der Waals surface area contributed by atoms with Crippen LogP contribution in [0.2, 0.25) is 0 Å². The van der Waals surface area contributed by atoms with Crippen molar-refractivity contribution >= 4 is 0 Å². The summed E-state index contributed by atoms with van der Waals surface area (Å²) < 4.78 is 10.6. The second kappa shape index (κ2) is 6.53. The summed E-state index contributed by atoms with van der Waals surface area (Å²) in [6, 6.07) is 0. The van der Waals surface area contributed by atoms with Gasteiger partial charge in [-0.05, 0) is 26.3 Å². The number of hydrogen-bond acceptors (Lipinski definition) is 5. The van der Waals surface area contributed by atoms with E-state index >= 15 is 0 Å². The quantitative estimate of drug-likeness (QED) is 0.742. The molecule has 0 amide bonds. The normalized spacial score (nSPS) is 13.0. The molecule has 1 aromatic rings. The Morgan fingerprint density at radius 2 is 2.27 bits per heavy atom. The van der Waals surface area contributed by atoms with Crippen LogP contribution in [0.1, 0.15) is 44.5 Å². The number of nitrogens with two attached hydrogens (primary N) is 1. The maximum absolute atomic E-state index is 5.49. The SMILES string of the molecule is CCOC(CC)c1noc(CCCN)n1. The van der Waals surface area contributed by atoms with E-state index in [-0.39, 0.29) is 6.10 Å².